The van der Waals surface area contributed by atoms with Crippen LogP contribution in [0, 0.1) is 0 Å². The molecule has 0 bridgehead atoms. The SMILES string of the molecule is C[C@@H](O)Cc1cccc(CO)n1. The van der Waals surface area contributed by atoms with Gasteiger partial charge in [-0.2, -0.15) is 0 Å². The predicted octanol–water partition coefficient (Wildman–Crippen LogP) is 0.497. The number of hydrogen-bond donors (Lipinski definition) is 2. The summed E-state index contributed by atoms with van der Waals surface area (Å²) in [5, 5.41) is 17.8. The van der Waals surface area contributed by atoms with Crippen molar-refractivity contribution in [2.24, 2.45) is 0 Å². The van der Waals surface area contributed by atoms with E-state index < -0.39 is 0 Å². The lowest BCUT2D eigenvalue weighted by Gasteiger charge is -2.04. The van der Waals surface area contributed by atoms with Crippen molar-refractivity contribution in [2.45, 2.75) is 26.1 Å². The molecule has 0 saturated carbocycles. The van der Waals surface area contributed by atoms with Gasteiger partial charge in [0, 0.05) is 12.1 Å². The molecule has 3 heteroatoms. The van der Waals surface area contributed by atoms with Crippen LogP contribution in [0.25, 0.3) is 0 Å². The summed E-state index contributed by atoms with van der Waals surface area (Å²) in [6.45, 7) is 1.67. The molecule has 0 aromatic carbocycles. The fraction of sp³-hybridized carbons (Fsp3) is 0.444. The van der Waals surface area contributed by atoms with E-state index >= 15 is 0 Å². The van der Waals surface area contributed by atoms with Crippen molar-refractivity contribution >= 4 is 0 Å². The Morgan fingerprint density at radius 3 is 2.67 bits per heavy atom. The average molecular weight is 167 g/mol. The minimum Gasteiger partial charge on any atom is -0.393 e. The van der Waals surface area contributed by atoms with E-state index in [-0.39, 0.29) is 12.7 Å². The zero-order valence-electron chi connectivity index (χ0n) is 7.07. The lowest BCUT2D eigenvalue weighted by Crippen LogP contribution is -2.06. The van der Waals surface area contributed by atoms with Crippen molar-refractivity contribution in [3.63, 3.8) is 0 Å². The molecular weight excluding hydrogens is 154 g/mol. The number of nitrogens with zero attached hydrogens (tertiary/aromatic N) is 1. The maximum atomic E-state index is 9.07. The van der Waals surface area contributed by atoms with Crippen LogP contribution in [0.1, 0.15) is 18.3 Å². The summed E-state index contributed by atoms with van der Waals surface area (Å²) in [6.07, 6.45) is 0.153. The highest BCUT2D eigenvalue weighted by molar-refractivity contribution is 5.11. The van der Waals surface area contributed by atoms with Crippen LogP contribution in [0.5, 0.6) is 0 Å². The topological polar surface area (TPSA) is 53.4 Å². The summed E-state index contributed by atoms with van der Waals surface area (Å²) in [4.78, 5) is 4.12. The third kappa shape index (κ3) is 2.60. The molecule has 0 fully saturated rings. The van der Waals surface area contributed by atoms with E-state index in [1.807, 2.05) is 12.1 Å². The van der Waals surface area contributed by atoms with Gasteiger partial charge in [-0.15, -0.1) is 0 Å². The van der Waals surface area contributed by atoms with E-state index in [9.17, 15) is 0 Å². The van der Waals surface area contributed by atoms with E-state index in [0.29, 0.717) is 12.1 Å². The average Bonchev–Trinajstić information content (AvgIpc) is 2.03. The number of pyridine rings is 1. The highest BCUT2D eigenvalue weighted by Gasteiger charge is 2.00. The van der Waals surface area contributed by atoms with Crippen molar-refractivity contribution in [2.75, 3.05) is 0 Å². The van der Waals surface area contributed by atoms with Gasteiger partial charge in [0.05, 0.1) is 18.4 Å². The molecule has 0 aliphatic heterocycles. The Hall–Kier alpha value is -0.930. The van der Waals surface area contributed by atoms with Crippen LogP contribution in [-0.4, -0.2) is 21.3 Å². The Balaban J connectivity index is 2.72. The first kappa shape index (κ1) is 9.16. The third-order valence-corrected chi connectivity index (χ3v) is 1.53. The maximum absolute atomic E-state index is 9.07. The van der Waals surface area contributed by atoms with Crippen LogP contribution in [0.15, 0.2) is 18.2 Å². The number of rotatable bonds is 3. The Bertz CT molecular complexity index is 248. The van der Waals surface area contributed by atoms with Crippen LogP contribution < -0.4 is 0 Å². The molecule has 0 aliphatic carbocycles. The molecule has 1 rings (SSSR count). The number of aromatic nitrogens is 1. The summed E-state index contributed by atoms with van der Waals surface area (Å²) >= 11 is 0. The normalized spacial score (nSPS) is 12.9. The van der Waals surface area contributed by atoms with E-state index in [2.05, 4.69) is 4.98 Å². The monoisotopic (exact) mass is 167 g/mol. The summed E-state index contributed by atoms with van der Waals surface area (Å²) in [5.74, 6) is 0. The molecule has 0 radical (unpaired) electrons. The van der Waals surface area contributed by atoms with Crippen LogP contribution in [0.2, 0.25) is 0 Å². The Kier molecular flexibility index (Phi) is 3.19. The van der Waals surface area contributed by atoms with E-state index in [4.69, 9.17) is 10.2 Å². The molecule has 0 amide bonds. The van der Waals surface area contributed by atoms with Crippen LogP contribution in [-0.2, 0) is 13.0 Å². The molecule has 12 heavy (non-hydrogen) atoms. The second kappa shape index (κ2) is 4.18. The van der Waals surface area contributed by atoms with Crippen molar-refractivity contribution in [1.29, 1.82) is 0 Å². The Labute approximate surface area is 71.7 Å². The van der Waals surface area contributed by atoms with Gasteiger partial charge in [0.15, 0.2) is 0 Å². The first-order chi connectivity index (χ1) is 5.72. The lowest BCUT2D eigenvalue weighted by atomic mass is 10.2. The summed E-state index contributed by atoms with van der Waals surface area (Å²) in [7, 11) is 0. The molecule has 66 valence electrons. The summed E-state index contributed by atoms with van der Waals surface area (Å²) in [5.41, 5.74) is 1.46. The van der Waals surface area contributed by atoms with Gasteiger partial charge >= 0.3 is 0 Å². The number of aliphatic hydroxyl groups excluding tert-OH is 2. The van der Waals surface area contributed by atoms with Crippen LogP contribution in [0.3, 0.4) is 0 Å². The molecule has 0 aliphatic rings. The molecule has 1 heterocycles. The smallest absolute Gasteiger partial charge is 0.0853 e. The number of aliphatic hydroxyl groups is 2. The van der Waals surface area contributed by atoms with Crippen molar-refractivity contribution in [3.05, 3.63) is 29.6 Å². The molecule has 0 saturated heterocycles. The predicted molar refractivity (Wildman–Crippen MR) is 45.5 cm³/mol. The van der Waals surface area contributed by atoms with Crippen LogP contribution in [0.4, 0.5) is 0 Å². The summed E-state index contributed by atoms with van der Waals surface area (Å²) < 4.78 is 0. The first-order valence-corrected chi connectivity index (χ1v) is 3.96. The fourth-order valence-electron chi connectivity index (χ4n) is 1.03. The zero-order chi connectivity index (χ0) is 8.97. The lowest BCUT2D eigenvalue weighted by molar-refractivity contribution is 0.194. The van der Waals surface area contributed by atoms with Crippen LogP contribution >= 0.6 is 0 Å². The Morgan fingerprint density at radius 2 is 2.08 bits per heavy atom. The van der Waals surface area contributed by atoms with E-state index in [1.54, 1.807) is 13.0 Å². The first-order valence-electron chi connectivity index (χ1n) is 3.96. The largest absolute Gasteiger partial charge is 0.393 e. The molecule has 1 atom stereocenters. The van der Waals surface area contributed by atoms with Gasteiger partial charge < -0.3 is 10.2 Å². The molecular formula is C9H13NO2. The fourth-order valence-corrected chi connectivity index (χ4v) is 1.03. The van der Waals surface area contributed by atoms with Crippen molar-refractivity contribution in [3.8, 4) is 0 Å². The number of hydrogen-bond acceptors (Lipinski definition) is 3. The molecule has 1 aromatic heterocycles. The quantitative estimate of drug-likeness (QED) is 0.689. The van der Waals surface area contributed by atoms with E-state index in [0.717, 1.165) is 5.69 Å². The van der Waals surface area contributed by atoms with Gasteiger partial charge in [0.2, 0.25) is 0 Å². The van der Waals surface area contributed by atoms with Gasteiger partial charge in [-0.3, -0.25) is 4.98 Å². The molecule has 1 aromatic rings. The minimum atomic E-state index is -0.383. The van der Waals surface area contributed by atoms with Gasteiger partial charge in [-0.1, -0.05) is 6.07 Å². The standard InChI is InChI=1S/C9H13NO2/c1-7(12)5-8-3-2-4-9(6-11)10-8/h2-4,7,11-12H,5-6H2,1H3/t7-/m1/s1. The Morgan fingerprint density at radius 1 is 1.42 bits per heavy atom. The molecule has 0 unspecified atom stereocenters. The van der Waals surface area contributed by atoms with E-state index in [1.165, 1.54) is 0 Å². The van der Waals surface area contributed by atoms with Gasteiger partial charge in [-0.25, -0.2) is 0 Å². The second-order valence-corrected chi connectivity index (χ2v) is 2.83. The highest BCUT2D eigenvalue weighted by atomic mass is 16.3. The molecule has 2 N–H and O–H groups in total. The second-order valence-electron chi connectivity index (χ2n) is 2.83. The van der Waals surface area contributed by atoms with Crippen molar-refractivity contribution < 1.29 is 10.2 Å². The minimum absolute atomic E-state index is 0.0480. The third-order valence-electron chi connectivity index (χ3n) is 1.53. The van der Waals surface area contributed by atoms with Crippen molar-refractivity contribution in [1.82, 2.24) is 4.98 Å². The highest BCUT2D eigenvalue weighted by Crippen LogP contribution is 2.02. The molecule has 3 nitrogen and oxygen atoms in total. The van der Waals surface area contributed by atoms with Gasteiger partial charge in [-0.05, 0) is 19.1 Å². The van der Waals surface area contributed by atoms with Gasteiger partial charge in [0.1, 0.15) is 0 Å². The maximum Gasteiger partial charge on any atom is 0.0853 e. The summed E-state index contributed by atoms with van der Waals surface area (Å²) in [6, 6.07) is 5.42. The molecule has 0 spiro atoms. The van der Waals surface area contributed by atoms with Gasteiger partial charge in [0.25, 0.3) is 0 Å². The zero-order valence-corrected chi connectivity index (χ0v) is 7.07.